The average molecular weight is 448 g/mol. The van der Waals surface area contributed by atoms with Crippen molar-refractivity contribution < 1.29 is 0 Å². The highest BCUT2D eigenvalue weighted by Crippen LogP contribution is 2.19. The number of H-pyrrole nitrogens is 1. The van der Waals surface area contributed by atoms with Crippen LogP contribution in [0.4, 0.5) is 0 Å². The minimum Gasteiger partial charge on any atom is -0.370 e. The Labute approximate surface area is 165 Å². The van der Waals surface area contributed by atoms with Crippen molar-refractivity contribution in [2.24, 2.45) is 10.7 Å². The van der Waals surface area contributed by atoms with Crippen LogP contribution in [-0.4, -0.2) is 24.0 Å². The van der Waals surface area contributed by atoms with Crippen LogP contribution < -0.4 is 11.1 Å². The summed E-state index contributed by atoms with van der Waals surface area (Å²) in [6.07, 6.45) is 3.89. The van der Waals surface area contributed by atoms with Gasteiger partial charge in [-0.15, -0.1) is 24.0 Å². The third-order valence-corrected chi connectivity index (χ3v) is 4.15. The van der Waals surface area contributed by atoms with Gasteiger partial charge in [-0.3, -0.25) is 4.99 Å². The van der Waals surface area contributed by atoms with Crippen molar-refractivity contribution in [3.05, 3.63) is 71.4 Å². The number of nitrogens with two attached hydrogens (primary N) is 1. The van der Waals surface area contributed by atoms with Crippen LogP contribution in [0.5, 0.6) is 0 Å². The maximum Gasteiger partial charge on any atom is 0.188 e. The summed E-state index contributed by atoms with van der Waals surface area (Å²) in [4.78, 5) is 7.75. The van der Waals surface area contributed by atoms with Crippen LogP contribution in [-0.2, 0) is 12.8 Å². The number of aromatic amines is 1. The van der Waals surface area contributed by atoms with E-state index < -0.39 is 0 Å². The smallest absolute Gasteiger partial charge is 0.188 e. The summed E-state index contributed by atoms with van der Waals surface area (Å²) < 4.78 is 0. The molecule has 0 saturated carbocycles. The van der Waals surface area contributed by atoms with Crippen LogP contribution in [0.15, 0.2) is 59.7 Å². The summed E-state index contributed by atoms with van der Waals surface area (Å²) in [5, 5.41) is 4.45. The van der Waals surface area contributed by atoms with Gasteiger partial charge in [0.2, 0.25) is 0 Å². The maximum absolute atomic E-state index is 5.94. The number of fused-ring (bicyclic) bond motifs is 1. The molecule has 132 valence electrons. The molecule has 4 N–H and O–H groups in total. The molecule has 0 atom stereocenters. The first-order valence-corrected chi connectivity index (χ1v) is 8.37. The van der Waals surface area contributed by atoms with E-state index in [2.05, 4.69) is 70.9 Å². The molecule has 0 fully saturated rings. The van der Waals surface area contributed by atoms with Crippen LogP contribution in [0.3, 0.4) is 0 Å². The Morgan fingerprint density at radius 3 is 2.72 bits per heavy atom. The molecule has 3 aromatic rings. The zero-order valence-corrected chi connectivity index (χ0v) is 16.8. The van der Waals surface area contributed by atoms with Crippen molar-refractivity contribution in [3.8, 4) is 0 Å². The van der Waals surface area contributed by atoms with Crippen molar-refractivity contribution in [3.63, 3.8) is 0 Å². The van der Waals surface area contributed by atoms with E-state index in [-0.39, 0.29) is 24.0 Å². The lowest BCUT2D eigenvalue weighted by Crippen LogP contribution is -2.33. The zero-order valence-electron chi connectivity index (χ0n) is 14.5. The first-order valence-electron chi connectivity index (χ1n) is 8.37. The Hall–Kier alpha value is -2.02. The van der Waals surface area contributed by atoms with Crippen molar-refractivity contribution in [2.75, 3.05) is 13.1 Å². The molecule has 0 aliphatic rings. The minimum absolute atomic E-state index is 0. The molecule has 1 aromatic heterocycles. The molecule has 0 radical (unpaired) electrons. The molecule has 25 heavy (non-hydrogen) atoms. The lowest BCUT2D eigenvalue weighted by Gasteiger charge is -2.05. The molecule has 4 nitrogen and oxygen atoms in total. The molecule has 0 amide bonds. The highest BCUT2D eigenvalue weighted by atomic mass is 127. The van der Waals surface area contributed by atoms with E-state index in [1.54, 1.807) is 0 Å². The number of halogens is 1. The Balaban J connectivity index is 0.00000225. The van der Waals surface area contributed by atoms with Gasteiger partial charge in [0.05, 0.1) is 0 Å². The van der Waals surface area contributed by atoms with E-state index in [1.165, 1.54) is 27.6 Å². The Bertz CT molecular complexity index is 824. The second kappa shape index (κ2) is 9.46. The Morgan fingerprint density at radius 1 is 1.12 bits per heavy atom. The van der Waals surface area contributed by atoms with Crippen molar-refractivity contribution in [1.29, 1.82) is 0 Å². The van der Waals surface area contributed by atoms with Gasteiger partial charge in [0.1, 0.15) is 0 Å². The van der Waals surface area contributed by atoms with Crippen LogP contribution >= 0.6 is 24.0 Å². The summed E-state index contributed by atoms with van der Waals surface area (Å²) >= 11 is 0. The molecule has 0 spiro atoms. The SMILES string of the molecule is Cc1ccc2c(CCN=C(N)NCCc3ccccc3)c[nH]c2c1.I. The van der Waals surface area contributed by atoms with Gasteiger partial charge in [0.15, 0.2) is 5.96 Å². The fraction of sp³-hybridized carbons (Fsp3) is 0.250. The first-order chi connectivity index (χ1) is 11.7. The molecule has 0 aliphatic heterocycles. The number of rotatable bonds is 6. The summed E-state index contributed by atoms with van der Waals surface area (Å²) in [5.41, 5.74) is 11.0. The van der Waals surface area contributed by atoms with E-state index >= 15 is 0 Å². The first kappa shape index (κ1) is 19.3. The molecular formula is C20H25IN4. The topological polar surface area (TPSA) is 66.2 Å². The van der Waals surface area contributed by atoms with Crippen molar-refractivity contribution in [1.82, 2.24) is 10.3 Å². The highest BCUT2D eigenvalue weighted by Gasteiger charge is 2.03. The summed E-state index contributed by atoms with van der Waals surface area (Å²) in [7, 11) is 0. The van der Waals surface area contributed by atoms with Gasteiger partial charge in [-0.25, -0.2) is 0 Å². The molecule has 0 unspecified atom stereocenters. The van der Waals surface area contributed by atoms with E-state index in [0.29, 0.717) is 12.5 Å². The second-order valence-corrected chi connectivity index (χ2v) is 6.04. The van der Waals surface area contributed by atoms with Gasteiger partial charge in [0, 0.05) is 30.2 Å². The molecular weight excluding hydrogens is 423 g/mol. The third kappa shape index (κ3) is 5.49. The number of guanidine groups is 1. The normalized spacial score (nSPS) is 11.3. The monoisotopic (exact) mass is 448 g/mol. The predicted octanol–water partition coefficient (Wildman–Crippen LogP) is 3.78. The molecule has 5 heteroatoms. The average Bonchev–Trinajstić information content (AvgIpc) is 2.98. The molecule has 3 rings (SSSR count). The van der Waals surface area contributed by atoms with E-state index in [1.807, 2.05) is 6.07 Å². The maximum atomic E-state index is 5.94. The number of aliphatic imine (C=N–C) groups is 1. The summed E-state index contributed by atoms with van der Waals surface area (Å²) in [6, 6.07) is 16.8. The highest BCUT2D eigenvalue weighted by molar-refractivity contribution is 14.0. The number of nitrogens with one attached hydrogen (secondary N) is 2. The summed E-state index contributed by atoms with van der Waals surface area (Å²) in [5.74, 6) is 0.515. The standard InChI is InChI=1S/C20H24N4.HI/c1-15-7-8-18-17(14-24-19(18)13-15)10-12-23-20(21)22-11-9-16-5-3-2-4-6-16;/h2-8,13-14,24H,9-12H2,1H3,(H3,21,22,23);1H. The number of benzene rings is 2. The van der Waals surface area contributed by atoms with Gasteiger partial charge in [-0.05, 0) is 42.5 Å². The third-order valence-electron chi connectivity index (χ3n) is 4.15. The van der Waals surface area contributed by atoms with E-state index in [9.17, 15) is 0 Å². The Kier molecular flexibility index (Phi) is 7.31. The number of nitrogens with zero attached hydrogens (tertiary/aromatic N) is 1. The number of aryl methyl sites for hydroxylation is 1. The quantitative estimate of drug-likeness (QED) is 0.305. The molecule has 0 aliphatic carbocycles. The van der Waals surface area contributed by atoms with Gasteiger partial charge in [-0.2, -0.15) is 0 Å². The molecule has 0 bridgehead atoms. The van der Waals surface area contributed by atoms with E-state index in [4.69, 9.17) is 5.73 Å². The van der Waals surface area contributed by atoms with Crippen LogP contribution in [0.25, 0.3) is 10.9 Å². The van der Waals surface area contributed by atoms with Crippen molar-refractivity contribution in [2.45, 2.75) is 19.8 Å². The fourth-order valence-electron chi connectivity index (χ4n) is 2.84. The van der Waals surface area contributed by atoms with Crippen LogP contribution in [0.1, 0.15) is 16.7 Å². The van der Waals surface area contributed by atoms with Gasteiger partial charge < -0.3 is 16.0 Å². The molecule has 2 aromatic carbocycles. The van der Waals surface area contributed by atoms with E-state index in [0.717, 1.165) is 19.4 Å². The van der Waals surface area contributed by atoms with Crippen LogP contribution in [0, 0.1) is 6.92 Å². The molecule has 1 heterocycles. The van der Waals surface area contributed by atoms with Crippen molar-refractivity contribution >= 4 is 40.8 Å². The molecule has 0 saturated heterocycles. The van der Waals surface area contributed by atoms with Gasteiger partial charge >= 0.3 is 0 Å². The minimum atomic E-state index is 0. The lowest BCUT2D eigenvalue weighted by atomic mass is 10.1. The number of hydrogen-bond donors (Lipinski definition) is 3. The fourth-order valence-corrected chi connectivity index (χ4v) is 2.84. The zero-order chi connectivity index (χ0) is 16.8. The number of hydrogen-bond acceptors (Lipinski definition) is 1. The largest absolute Gasteiger partial charge is 0.370 e. The van der Waals surface area contributed by atoms with Gasteiger partial charge in [-0.1, -0.05) is 42.5 Å². The van der Waals surface area contributed by atoms with Gasteiger partial charge in [0.25, 0.3) is 0 Å². The van der Waals surface area contributed by atoms with Crippen LogP contribution in [0.2, 0.25) is 0 Å². The second-order valence-electron chi connectivity index (χ2n) is 6.04. The Morgan fingerprint density at radius 2 is 1.92 bits per heavy atom. The summed E-state index contributed by atoms with van der Waals surface area (Å²) in [6.45, 7) is 3.59. The predicted molar refractivity (Wildman–Crippen MR) is 117 cm³/mol. The number of aromatic nitrogens is 1. The lowest BCUT2D eigenvalue weighted by molar-refractivity contribution is 0.844.